The van der Waals surface area contributed by atoms with Crippen LogP contribution < -0.4 is 9.47 Å². The summed E-state index contributed by atoms with van der Waals surface area (Å²) in [4.78, 5) is 11.1. The highest BCUT2D eigenvalue weighted by Gasteiger charge is 2.15. The van der Waals surface area contributed by atoms with Crippen LogP contribution in [0.3, 0.4) is 0 Å². The van der Waals surface area contributed by atoms with E-state index in [0.29, 0.717) is 27.8 Å². The number of carboxylic acid groups (broad SMARTS) is 1. The molecular formula is C20H14ClNO4. The second-order valence-electron chi connectivity index (χ2n) is 5.56. The van der Waals surface area contributed by atoms with Crippen LogP contribution in [0.2, 0.25) is 5.02 Å². The largest absolute Gasteiger partial charge is 0.479 e. The first-order valence-electron chi connectivity index (χ1n) is 7.78. The molecule has 3 rings (SSSR count). The molecule has 0 spiro atoms. The molecule has 0 aliphatic heterocycles. The smallest absolute Gasteiger partial charge is 0.344 e. The average Bonchev–Trinajstić information content (AvgIpc) is 2.63. The van der Waals surface area contributed by atoms with Crippen molar-refractivity contribution in [2.45, 2.75) is 13.0 Å². The van der Waals surface area contributed by atoms with Gasteiger partial charge in [-0.2, -0.15) is 5.26 Å². The van der Waals surface area contributed by atoms with Crippen LogP contribution in [0, 0.1) is 11.3 Å². The Labute approximate surface area is 155 Å². The van der Waals surface area contributed by atoms with Crippen molar-refractivity contribution in [1.29, 1.82) is 5.26 Å². The van der Waals surface area contributed by atoms with E-state index < -0.39 is 12.1 Å². The molecule has 0 aromatic heterocycles. The van der Waals surface area contributed by atoms with Gasteiger partial charge < -0.3 is 14.6 Å². The van der Waals surface area contributed by atoms with Crippen molar-refractivity contribution in [3.05, 3.63) is 65.2 Å². The molecule has 1 N–H and O–H groups in total. The topological polar surface area (TPSA) is 79.5 Å². The fourth-order valence-electron chi connectivity index (χ4n) is 2.46. The van der Waals surface area contributed by atoms with Crippen molar-refractivity contribution in [2.75, 3.05) is 0 Å². The summed E-state index contributed by atoms with van der Waals surface area (Å²) in [7, 11) is 0. The molecule has 0 bridgehead atoms. The summed E-state index contributed by atoms with van der Waals surface area (Å²) in [6.45, 7) is 1.47. The third-order valence-corrected chi connectivity index (χ3v) is 4.07. The monoisotopic (exact) mass is 367 g/mol. The number of nitrogens with zero attached hydrogens (tertiary/aromatic N) is 1. The molecule has 3 aromatic carbocycles. The van der Waals surface area contributed by atoms with Crippen LogP contribution in [-0.4, -0.2) is 17.2 Å². The van der Waals surface area contributed by atoms with E-state index in [1.807, 2.05) is 18.2 Å². The van der Waals surface area contributed by atoms with Gasteiger partial charge in [0.05, 0.1) is 16.7 Å². The Bertz CT molecular complexity index is 1030. The summed E-state index contributed by atoms with van der Waals surface area (Å²) in [5.74, 6) is 0.374. The molecule has 0 saturated carbocycles. The van der Waals surface area contributed by atoms with Crippen LogP contribution in [0.15, 0.2) is 54.6 Å². The van der Waals surface area contributed by atoms with Crippen molar-refractivity contribution in [2.24, 2.45) is 0 Å². The van der Waals surface area contributed by atoms with Crippen molar-refractivity contribution < 1.29 is 19.4 Å². The summed E-state index contributed by atoms with van der Waals surface area (Å²) in [6, 6.07) is 17.5. The average molecular weight is 368 g/mol. The minimum atomic E-state index is -1.04. The highest BCUT2D eigenvalue weighted by Crippen LogP contribution is 2.37. The van der Waals surface area contributed by atoms with Crippen molar-refractivity contribution in [3.8, 4) is 23.3 Å². The highest BCUT2D eigenvalue weighted by molar-refractivity contribution is 6.32. The first-order valence-corrected chi connectivity index (χ1v) is 8.16. The number of nitriles is 1. The Morgan fingerprint density at radius 3 is 2.35 bits per heavy atom. The second kappa shape index (κ2) is 7.34. The molecule has 0 aliphatic carbocycles. The molecule has 6 heteroatoms. The molecule has 1 unspecified atom stereocenters. The number of ether oxygens (including phenoxy) is 2. The molecule has 3 aromatic rings. The summed E-state index contributed by atoms with van der Waals surface area (Å²) in [6.07, 6.45) is -0.974. The van der Waals surface area contributed by atoms with Crippen molar-refractivity contribution >= 4 is 28.3 Å². The SMILES string of the molecule is CC(Oc1cccc2c(Oc3ccc(C#N)cc3Cl)cccc12)C(=O)O. The molecule has 0 heterocycles. The zero-order valence-corrected chi connectivity index (χ0v) is 14.5. The third kappa shape index (κ3) is 3.56. The van der Waals surface area contributed by atoms with Crippen LogP contribution in [0.1, 0.15) is 12.5 Å². The van der Waals surface area contributed by atoms with E-state index in [1.54, 1.807) is 36.4 Å². The number of halogens is 1. The Balaban J connectivity index is 2.00. The lowest BCUT2D eigenvalue weighted by Gasteiger charge is -2.15. The standard InChI is InChI=1S/C20H14ClNO4/c1-12(20(23)24)25-17-6-2-5-15-14(17)4-3-7-18(15)26-19-9-8-13(11-22)10-16(19)21/h2-10,12H,1H3,(H,23,24). The molecule has 0 aliphatic rings. The van der Waals surface area contributed by atoms with Gasteiger partial charge in [0.1, 0.15) is 17.2 Å². The lowest BCUT2D eigenvalue weighted by molar-refractivity contribution is -0.144. The minimum Gasteiger partial charge on any atom is -0.479 e. The second-order valence-corrected chi connectivity index (χ2v) is 5.97. The molecule has 130 valence electrons. The summed E-state index contributed by atoms with van der Waals surface area (Å²) >= 11 is 6.18. The predicted molar refractivity (Wildman–Crippen MR) is 97.9 cm³/mol. The van der Waals surface area contributed by atoms with Gasteiger partial charge >= 0.3 is 5.97 Å². The quantitative estimate of drug-likeness (QED) is 0.685. The highest BCUT2D eigenvalue weighted by atomic mass is 35.5. The Morgan fingerprint density at radius 2 is 1.73 bits per heavy atom. The number of carboxylic acids is 1. The van der Waals surface area contributed by atoms with Crippen LogP contribution >= 0.6 is 11.6 Å². The molecular weight excluding hydrogens is 354 g/mol. The van der Waals surface area contributed by atoms with E-state index >= 15 is 0 Å². The lowest BCUT2D eigenvalue weighted by Crippen LogP contribution is -2.22. The molecule has 0 radical (unpaired) electrons. The number of carbonyl (C=O) groups is 1. The fourth-order valence-corrected chi connectivity index (χ4v) is 2.68. The zero-order valence-electron chi connectivity index (χ0n) is 13.8. The van der Waals surface area contributed by atoms with Crippen LogP contribution in [0.25, 0.3) is 10.8 Å². The van der Waals surface area contributed by atoms with E-state index in [1.165, 1.54) is 13.0 Å². The number of rotatable bonds is 5. The number of benzene rings is 3. The maximum absolute atomic E-state index is 11.1. The normalized spacial score (nSPS) is 11.6. The maximum atomic E-state index is 11.1. The minimum absolute atomic E-state index is 0.327. The lowest BCUT2D eigenvalue weighted by atomic mass is 10.1. The van der Waals surface area contributed by atoms with Gasteiger partial charge in [-0.25, -0.2) is 4.79 Å². The van der Waals surface area contributed by atoms with Gasteiger partial charge in [-0.3, -0.25) is 0 Å². The molecule has 0 amide bonds. The first kappa shape index (κ1) is 17.6. The van der Waals surface area contributed by atoms with Gasteiger partial charge in [-0.05, 0) is 37.3 Å². The van der Waals surface area contributed by atoms with Gasteiger partial charge in [0.2, 0.25) is 0 Å². The number of aliphatic carboxylic acids is 1. The molecule has 1 atom stereocenters. The van der Waals surface area contributed by atoms with Crippen LogP contribution in [-0.2, 0) is 4.79 Å². The van der Waals surface area contributed by atoms with Gasteiger partial charge in [-0.15, -0.1) is 0 Å². The van der Waals surface area contributed by atoms with Gasteiger partial charge in [-0.1, -0.05) is 35.9 Å². The van der Waals surface area contributed by atoms with Crippen LogP contribution in [0.5, 0.6) is 17.2 Å². The van der Waals surface area contributed by atoms with Gasteiger partial charge in [0.15, 0.2) is 6.10 Å². The van der Waals surface area contributed by atoms with E-state index in [4.69, 9.17) is 31.4 Å². The summed E-state index contributed by atoms with van der Waals surface area (Å²) in [5, 5.41) is 19.8. The third-order valence-electron chi connectivity index (χ3n) is 3.77. The molecule has 0 fully saturated rings. The van der Waals surface area contributed by atoms with E-state index in [-0.39, 0.29) is 0 Å². The Kier molecular flexibility index (Phi) is 4.97. The molecule has 5 nitrogen and oxygen atoms in total. The predicted octanol–water partition coefficient (Wildman–Crippen LogP) is 5.01. The summed E-state index contributed by atoms with van der Waals surface area (Å²) in [5.41, 5.74) is 0.443. The molecule has 26 heavy (non-hydrogen) atoms. The van der Waals surface area contributed by atoms with Crippen LogP contribution in [0.4, 0.5) is 0 Å². The first-order chi connectivity index (χ1) is 12.5. The van der Waals surface area contributed by atoms with Gasteiger partial charge in [0, 0.05) is 10.8 Å². The van der Waals surface area contributed by atoms with E-state index in [0.717, 1.165) is 10.8 Å². The Hall–Kier alpha value is -3.23. The van der Waals surface area contributed by atoms with E-state index in [9.17, 15) is 4.79 Å². The van der Waals surface area contributed by atoms with Crippen molar-refractivity contribution in [1.82, 2.24) is 0 Å². The summed E-state index contributed by atoms with van der Waals surface area (Å²) < 4.78 is 11.4. The van der Waals surface area contributed by atoms with Crippen molar-refractivity contribution in [3.63, 3.8) is 0 Å². The number of fused-ring (bicyclic) bond motifs is 1. The fraction of sp³-hybridized carbons (Fsp3) is 0.100. The maximum Gasteiger partial charge on any atom is 0.344 e. The Morgan fingerprint density at radius 1 is 1.08 bits per heavy atom. The zero-order chi connectivity index (χ0) is 18.7. The molecule has 0 saturated heterocycles. The van der Waals surface area contributed by atoms with E-state index in [2.05, 4.69) is 0 Å². The number of hydrogen-bond acceptors (Lipinski definition) is 4. The number of hydrogen-bond donors (Lipinski definition) is 1. The van der Waals surface area contributed by atoms with Gasteiger partial charge in [0.25, 0.3) is 0 Å².